The molecule has 0 aliphatic heterocycles. The summed E-state index contributed by atoms with van der Waals surface area (Å²) >= 11 is 2.07. The van der Waals surface area contributed by atoms with Crippen LogP contribution < -0.4 is 11.1 Å². The Morgan fingerprint density at radius 3 is 2.50 bits per heavy atom. The Morgan fingerprint density at radius 2 is 2.00 bits per heavy atom. The number of carbonyl (C=O) groups is 2. The summed E-state index contributed by atoms with van der Waals surface area (Å²) in [6.45, 7) is 0. The number of halogens is 1. The van der Waals surface area contributed by atoms with Crippen molar-refractivity contribution in [2.24, 2.45) is 0 Å². The second-order valence-corrected chi connectivity index (χ2v) is 4.55. The average Bonchev–Trinajstić information content (AvgIpc) is 2.21. The van der Waals surface area contributed by atoms with Gasteiger partial charge in [0.05, 0.1) is 0 Å². The zero-order valence-electron chi connectivity index (χ0n) is 8.95. The maximum Gasteiger partial charge on any atom is 0.323 e. The molecule has 6 heteroatoms. The molecule has 16 heavy (non-hydrogen) atoms. The van der Waals surface area contributed by atoms with E-state index in [0.717, 1.165) is 3.57 Å². The normalized spacial score (nSPS) is 9.69. The van der Waals surface area contributed by atoms with Gasteiger partial charge in [0.25, 0.3) is 5.91 Å². The third kappa shape index (κ3) is 3.09. The summed E-state index contributed by atoms with van der Waals surface area (Å²) in [5, 5.41) is 2.23. The minimum atomic E-state index is -0.457. The number of rotatable bonds is 1. The topological polar surface area (TPSA) is 75.4 Å². The van der Waals surface area contributed by atoms with Gasteiger partial charge in [0, 0.05) is 28.9 Å². The lowest BCUT2D eigenvalue weighted by Gasteiger charge is -2.11. The van der Waals surface area contributed by atoms with E-state index in [1.54, 1.807) is 32.3 Å². The number of hydrogen-bond donors (Lipinski definition) is 2. The number of benzene rings is 1. The van der Waals surface area contributed by atoms with E-state index in [2.05, 4.69) is 27.9 Å². The lowest BCUT2D eigenvalue weighted by molar-refractivity contribution is 0.0957. The van der Waals surface area contributed by atoms with Crippen LogP contribution in [0.2, 0.25) is 0 Å². The Labute approximate surface area is 107 Å². The van der Waals surface area contributed by atoms with Crippen LogP contribution >= 0.6 is 22.6 Å². The maximum absolute atomic E-state index is 11.6. The molecular formula is C10H12IN3O2. The van der Waals surface area contributed by atoms with Gasteiger partial charge in [-0.1, -0.05) is 0 Å². The fourth-order valence-electron chi connectivity index (χ4n) is 0.966. The van der Waals surface area contributed by atoms with Gasteiger partial charge in [-0.05, 0) is 40.8 Å². The van der Waals surface area contributed by atoms with Crippen molar-refractivity contribution in [2.75, 3.05) is 19.8 Å². The first-order valence-electron chi connectivity index (χ1n) is 4.49. The summed E-state index contributed by atoms with van der Waals surface area (Å²) in [5.74, 6) is -0.457. The first-order chi connectivity index (χ1) is 7.41. The molecule has 1 rings (SSSR count). The number of amides is 3. The van der Waals surface area contributed by atoms with Crippen LogP contribution in [-0.2, 0) is 0 Å². The van der Waals surface area contributed by atoms with Gasteiger partial charge < -0.3 is 10.6 Å². The second-order valence-electron chi connectivity index (χ2n) is 3.39. The molecule has 0 fully saturated rings. The van der Waals surface area contributed by atoms with Gasteiger partial charge in [0.2, 0.25) is 0 Å². The largest absolute Gasteiger partial charge is 0.398 e. The van der Waals surface area contributed by atoms with E-state index in [-0.39, 0.29) is 0 Å². The molecule has 3 amide bonds. The maximum atomic E-state index is 11.6. The molecular weight excluding hydrogens is 321 g/mol. The molecule has 86 valence electrons. The minimum Gasteiger partial charge on any atom is -0.398 e. The molecule has 5 nitrogen and oxygen atoms in total. The highest BCUT2D eigenvalue weighted by atomic mass is 127. The number of nitrogens with one attached hydrogen (secondary N) is 1. The fraction of sp³-hybridized carbons (Fsp3) is 0.200. The van der Waals surface area contributed by atoms with Gasteiger partial charge in [-0.25, -0.2) is 4.79 Å². The summed E-state index contributed by atoms with van der Waals surface area (Å²) in [4.78, 5) is 24.1. The Bertz CT molecular complexity index is 432. The molecule has 0 saturated carbocycles. The van der Waals surface area contributed by atoms with E-state index in [1.807, 2.05) is 0 Å². The van der Waals surface area contributed by atoms with Crippen molar-refractivity contribution in [1.29, 1.82) is 0 Å². The average molecular weight is 333 g/mol. The van der Waals surface area contributed by atoms with E-state index in [9.17, 15) is 9.59 Å². The Morgan fingerprint density at radius 1 is 1.38 bits per heavy atom. The number of imide groups is 1. The van der Waals surface area contributed by atoms with Crippen LogP contribution in [0.15, 0.2) is 18.2 Å². The van der Waals surface area contributed by atoms with Gasteiger partial charge in [0.15, 0.2) is 0 Å². The molecule has 0 unspecified atom stereocenters. The van der Waals surface area contributed by atoms with Crippen LogP contribution in [0.1, 0.15) is 10.4 Å². The molecule has 0 atom stereocenters. The first kappa shape index (κ1) is 12.8. The molecule has 0 bridgehead atoms. The highest BCUT2D eigenvalue weighted by Crippen LogP contribution is 2.16. The number of nitrogen functional groups attached to an aromatic ring is 1. The van der Waals surface area contributed by atoms with Crippen molar-refractivity contribution in [1.82, 2.24) is 10.2 Å². The zero-order valence-corrected chi connectivity index (χ0v) is 11.1. The number of nitrogens with two attached hydrogens (primary N) is 1. The van der Waals surface area contributed by atoms with Crippen molar-refractivity contribution in [2.45, 2.75) is 0 Å². The van der Waals surface area contributed by atoms with Crippen LogP contribution in [0.4, 0.5) is 10.5 Å². The number of hydrogen-bond acceptors (Lipinski definition) is 3. The third-order valence-electron chi connectivity index (χ3n) is 1.88. The van der Waals surface area contributed by atoms with Crippen LogP contribution in [0.3, 0.4) is 0 Å². The monoisotopic (exact) mass is 333 g/mol. The lowest BCUT2D eigenvalue weighted by Crippen LogP contribution is -2.38. The SMILES string of the molecule is CN(C)C(=O)NC(=O)c1ccc(I)c(N)c1. The molecule has 0 spiro atoms. The smallest absolute Gasteiger partial charge is 0.323 e. The quantitative estimate of drug-likeness (QED) is 0.601. The lowest BCUT2D eigenvalue weighted by atomic mass is 10.2. The summed E-state index contributed by atoms with van der Waals surface area (Å²) in [6, 6.07) is 4.43. The van der Waals surface area contributed by atoms with E-state index >= 15 is 0 Å². The van der Waals surface area contributed by atoms with Crippen molar-refractivity contribution in [3.63, 3.8) is 0 Å². The number of urea groups is 1. The summed E-state index contributed by atoms with van der Waals surface area (Å²) < 4.78 is 0.869. The molecule has 0 heterocycles. The molecule has 1 aromatic rings. The van der Waals surface area contributed by atoms with Crippen LogP contribution in [0.5, 0.6) is 0 Å². The zero-order chi connectivity index (χ0) is 12.3. The van der Waals surface area contributed by atoms with Crippen molar-refractivity contribution < 1.29 is 9.59 Å². The van der Waals surface area contributed by atoms with Crippen LogP contribution in [0.25, 0.3) is 0 Å². The predicted molar refractivity (Wildman–Crippen MR) is 70.1 cm³/mol. The van der Waals surface area contributed by atoms with Gasteiger partial charge in [0.1, 0.15) is 0 Å². The van der Waals surface area contributed by atoms with E-state index in [0.29, 0.717) is 11.3 Å². The number of carbonyl (C=O) groups excluding carboxylic acids is 2. The van der Waals surface area contributed by atoms with Crippen LogP contribution in [-0.4, -0.2) is 30.9 Å². The fourth-order valence-corrected chi connectivity index (χ4v) is 1.30. The van der Waals surface area contributed by atoms with E-state index in [4.69, 9.17) is 5.73 Å². The van der Waals surface area contributed by atoms with Crippen LogP contribution in [0, 0.1) is 3.57 Å². The van der Waals surface area contributed by atoms with Gasteiger partial charge in [-0.2, -0.15) is 0 Å². The Balaban J connectivity index is 2.81. The molecule has 0 saturated heterocycles. The highest BCUT2D eigenvalue weighted by Gasteiger charge is 2.12. The van der Waals surface area contributed by atoms with E-state index < -0.39 is 11.9 Å². The standard InChI is InChI=1S/C10H12IN3O2/c1-14(2)10(16)13-9(15)6-3-4-7(11)8(12)5-6/h3-5H,12H2,1-2H3,(H,13,15,16). The Kier molecular flexibility index (Phi) is 4.11. The molecule has 1 aromatic carbocycles. The second kappa shape index (κ2) is 5.15. The molecule has 0 aliphatic carbocycles. The molecule has 0 aromatic heterocycles. The molecule has 0 aliphatic rings. The van der Waals surface area contributed by atoms with Gasteiger partial charge in [-0.3, -0.25) is 10.1 Å². The summed E-state index contributed by atoms with van der Waals surface area (Å²) in [6.07, 6.45) is 0. The van der Waals surface area contributed by atoms with Crippen molar-refractivity contribution in [3.05, 3.63) is 27.3 Å². The first-order valence-corrected chi connectivity index (χ1v) is 5.57. The van der Waals surface area contributed by atoms with Gasteiger partial charge in [-0.15, -0.1) is 0 Å². The molecule has 0 radical (unpaired) electrons. The van der Waals surface area contributed by atoms with Crippen molar-refractivity contribution >= 4 is 40.2 Å². The van der Waals surface area contributed by atoms with Gasteiger partial charge >= 0.3 is 6.03 Å². The predicted octanol–water partition coefficient (Wildman–Crippen LogP) is 1.28. The van der Waals surface area contributed by atoms with Crippen molar-refractivity contribution in [3.8, 4) is 0 Å². The Hall–Kier alpha value is -1.31. The number of nitrogens with zero attached hydrogens (tertiary/aromatic N) is 1. The number of anilines is 1. The molecule has 3 N–H and O–H groups in total. The summed E-state index contributed by atoms with van der Waals surface area (Å²) in [7, 11) is 3.12. The minimum absolute atomic E-state index is 0.369. The van der Waals surface area contributed by atoms with E-state index in [1.165, 1.54) is 4.90 Å². The summed E-state index contributed by atoms with van der Waals surface area (Å²) in [5.41, 5.74) is 6.55. The highest BCUT2D eigenvalue weighted by molar-refractivity contribution is 14.1. The third-order valence-corrected chi connectivity index (χ3v) is 2.87.